The Hall–Kier alpha value is -2.93. The van der Waals surface area contributed by atoms with E-state index in [0.717, 1.165) is 5.69 Å². The minimum Gasteiger partial charge on any atom is -0.465 e. The number of nitrogens with zero attached hydrogens (tertiary/aromatic N) is 1. The van der Waals surface area contributed by atoms with Crippen molar-refractivity contribution in [2.24, 2.45) is 0 Å². The quantitative estimate of drug-likeness (QED) is 0.484. The molecule has 7 nitrogen and oxygen atoms in total. The lowest BCUT2D eigenvalue weighted by Gasteiger charge is -2.09. The second-order valence-corrected chi connectivity index (χ2v) is 4.48. The molecule has 0 aromatic heterocycles. The first-order chi connectivity index (χ1) is 10.6. The number of esters is 1. The fourth-order valence-electron chi connectivity index (χ4n) is 1.89. The van der Waals surface area contributed by atoms with Crippen LogP contribution in [-0.4, -0.2) is 18.0 Å². The summed E-state index contributed by atoms with van der Waals surface area (Å²) in [6.45, 7) is 0.306. The van der Waals surface area contributed by atoms with Gasteiger partial charge in [-0.05, 0) is 23.8 Å². The summed E-state index contributed by atoms with van der Waals surface area (Å²) in [7, 11) is 1.23. The third kappa shape index (κ3) is 4.03. The first-order valence-electron chi connectivity index (χ1n) is 6.51. The number of carbonyl (C=O) groups excluding carboxylic acids is 1. The van der Waals surface area contributed by atoms with Gasteiger partial charge in [-0.25, -0.2) is 10.2 Å². The average molecular weight is 301 g/mol. The molecule has 0 unspecified atom stereocenters. The fraction of sp³-hybridized carbons (Fsp3) is 0.133. The SMILES string of the molecule is COC(=O)c1cc(CNNc2ccccc2)cc([N+](=O)[O-])c1. The van der Waals surface area contributed by atoms with Gasteiger partial charge in [0.2, 0.25) is 0 Å². The molecule has 22 heavy (non-hydrogen) atoms. The summed E-state index contributed by atoms with van der Waals surface area (Å²) in [5.41, 5.74) is 7.36. The van der Waals surface area contributed by atoms with E-state index in [1.54, 1.807) is 6.07 Å². The van der Waals surface area contributed by atoms with Crippen molar-refractivity contribution >= 4 is 17.3 Å². The normalized spacial score (nSPS) is 10.0. The molecule has 2 rings (SSSR count). The summed E-state index contributed by atoms with van der Waals surface area (Å²) < 4.78 is 4.60. The molecule has 0 bridgehead atoms. The van der Waals surface area contributed by atoms with Crippen LogP contribution in [0, 0.1) is 10.1 Å². The van der Waals surface area contributed by atoms with Crippen LogP contribution in [0.4, 0.5) is 11.4 Å². The summed E-state index contributed by atoms with van der Waals surface area (Å²) in [6.07, 6.45) is 0. The van der Waals surface area contributed by atoms with Crippen molar-refractivity contribution < 1.29 is 14.5 Å². The minimum absolute atomic E-state index is 0.146. The number of carbonyl (C=O) groups is 1. The van der Waals surface area contributed by atoms with E-state index >= 15 is 0 Å². The van der Waals surface area contributed by atoms with Crippen LogP contribution in [0.1, 0.15) is 15.9 Å². The van der Waals surface area contributed by atoms with Crippen LogP contribution in [0.2, 0.25) is 0 Å². The Balaban J connectivity index is 2.10. The van der Waals surface area contributed by atoms with Crippen molar-refractivity contribution in [2.45, 2.75) is 6.54 Å². The van der Waals surface area contributed by atoms with Crippen molar-refractivity contribution in [3.05, 3.63) is 69.8 Å². The lowest BCUT2D eigenvalue weighted by atomic mass is 10.1. The zero-order chi connectivity index (χ0) is 15.9. The monoisotopic (exact) mass is 301 g/mol. The second kappa shape index (κ2) is 7.19. The number of hydrazine groups is 1. The highest BCUT2D eigenvalue weighted by molar-refractivity contribution is 5.90. The third-order valence-electron chi connectivity index (χ3n) is 2.91. The van der Waals surface area contributed by atoms with Crippen molar-refractivity contribution in [2.75, 3.05) is 12.5 Å². The van der Waals surface area contributed by atoms with Gasteiger partial charge in [0, 0.05) is 24.4 Å². The van der Waals surface area contributed by atoms with Crippen LogP contribution in [0.3, 0.4) is 0 Å². The molecule has 0 aliphatic carbocycles. The number of para-hydroxylation sites is 1. The smallest absolute Gasteiger partial charge is 0.338 e. The lowest BCUT2D eigenvalue weighted by Crippen LogP contribution is -2.21. The number of benzene rings is 2. The maximum Gasteiger partial charge on any atom is 0.338 e. The van der Waals surface area contributed by atoms with Gasteiger partial charge >= 0.3 is 5.97 Å². The van der Waals surface area contributed by atoms with Crippen LogP contribution < -0.4 is 10.9 Å². The molecule has 0 aliphatic heterocycles. The van der Waals surface area contributed by atoms with E-state index in [-0.39, 0.29) is 11.3 Å². The topological polar surface area (TPSA) is 93.5 Å². The van der Waals surface area contributed by atoms with E-state index in [1.807, 2.05) is 30.3 Å². The van der Waals surface area contributed by atoms with Gasteiger partial charge in [-0.1, -0.05) is 18.2 Å². The van der Waals surface area contributed by atoms with E-state index in [9.17, 15) is 14.9 Å². The first kappa shape index (κ1) is 15.5. The molecule has 2 N–H and O–H groups in total. The Labute approximate surface area is 127 Å². The second-order valence-electron chi connectivity index (χ2n) is 4.48. The van der Waals surface area contributed by atoms with E-state index in [0.29, 0.717) is 12.1 Å². The zero-order valence-electron chi connectivity index (χ0n) is 11.9. The van der Waals surface area contributed by atoms with Gasteiger partial charge in [0.1, 0.15) is 0 Å². The number of nitro groups is 1. The van der Waals surface area contributed by atoms with Crippen molar-refractivity contribution in [1.29, 1.82) is 0 Å². The average Bonchev–Trinajstić information content (AvgIpc) is 2.54. The van der Waals surface area contributed by atoms with Gasteiger partial charge in [-0.3, -0.25) is 10.1 Å². The summed E-state index contributed by atoms with van der Waals surface area (Å²) in [5, 5.41) is 10.9. The van der Waals surface area contributed by atoms with E-state index in [1.165, 1.54) is 19.2 Å². The molecule has 114 valence electrons. The number of nitrogens with one attached hydrogen (secondary N) is 2. The van der Waals surface area contributed by atoms with Gasteiger partial charge in [-0.2, -0.15) is 0 Å². The van der Waals surface area contributed by atoms with E-state index in [2.05, 4.69) is 15.6 Å². The molecular weight excluding hydrogens is 286 g/mol. The van der Waals surface area contributed by atoms with Crippen molar-refractivity contribution in [1.82, 2.24) is 5.43 Å². The molecule has 0 aliphatic rings. The number of nitro benzene ring substituents is 1. The highest BCUT2D eigenvalue weighted by Crippen LogP contribution is 2.18. The van der Waals surface area contributed by atoms with Crippen LogP contribution >= 0.6 is 0 Å². The summed E-state index contributed by atoms with van der Waals surface area (Å²) >= 11 is 0. The number of hydrogen-bond donors (Lipinski definition) is 2. The van der Waals surface area contributed by atoms with Gasteiger partial charge in [-0.15, -0.1) is 0 Å². The molecule has 2 aromatic rings. The lowest BCUT2D eigenvalue weighted by molar-refractivity contribution is -0.385. The number of non-ortho nitro benzene ring substituents is 1. The van der Waals surface area contributed by atoms with Crippen LogP contribution in [0.15, 0.2) is 48.5 Å². The molecule has 0 saturated carbocycles. The number of rotatable bonds is 6. The molecule has 0 radical (unpaired) electrons. The van der Waals surface area contributed by atoms with Gasteiger partial charge < -0.3 is 10.2 Å². The maximum absolute atomic E-state index is 11.6. The molecule has 2 aromatic carbocycles. The van der Waals surface area contributed by atoms with Crippen LogP contribution in [-0.2, 0) is 11.3 Å². The molecule has 0 fully saturated rings. The number of anilines is 1. The molecule has 0 saturated heterocycles. The predicted octanol–water partition coefficient (Wildman–Crippen LogP) is 2.50. The Morgan fingerprint density at radius 1 is 1.23 bits per heavy atom. The van der Waals surface area contributed by atoms with Crippen molar-refractivity contribution in [3.8, 4) is 0 Å². The minimum atomic E-state index is -0.610. The van der Waals surface area contributed by atoms with E-state index < -0.39 is 10.9 Å². The Morgan fingerprint density at radius 2 is 1.95 bits per heavy atom. The first-order valence-corrected chi connectivity index (χ1v) is 6.51. The van der Waals surface area contributed by atoms with E-state index in [4.69, 9.17) is 0 Å². The zero-order valence-corrected chi connectivity index (χ0v) is 11.9. The fourth-order valence-corrected chi connectivity index (χ4v) is 1.89. The number of hydrogen-bond acceptors (Lipinski definition) is 6. The largest absolute Gasteiger partial charge is 0.465 e. The Kier molecular flexibility index (Phi) is 5.05. The molecule has 0 amide bonds. The van der Waals surface area contributed by atoms with Gasteiger partial charge in [0.05, 0.1) is 17.6 Å². The molecule has 0 spiro atoms. The molecule has 0 atom stereocenters. The summed E-state index contributed by atoms with van der Waals surface area (Å²) in [6, 6.07) is 13.6. The van der Waals surface area contributed by atoms with Crippen LogP contribution in [0.25, 0.3) is 0 Å². The third-order valence-corrected chi connectivity index (χ3v) is 2.91. The predicted molar refractivity (Wildman–Crippen MR) is 81.3 cm³/mol. The molecule has 0 heterocycles. The Morgan fingerprint density at radius 3 is 2.59 bits per heavy atom. The molecule has 7 heteroatoms. The maximum atomic E-state index is 11.6. The number of methoxy groups -OCH3 is 1. The van der Waals surface area contributed by atoms with Gasteiger partial charge in [0.15, 0.2) is 0 Å². The summed E-state index contributed by atoms with van der Waals surface area (Å²) in [5.74, 6) is -0.610. The standard InChI is InChI=1S/C15H15N3O4/c1-22-15(19)12-7-11(8-14(9-12)18(20)21)10-16-17-13-5-3-2-4-6-13/h2-9,16-17H,10H2,1H3. The Bertz CT molecular complexity index is 674. The van der Waals surface area contributed by atoms with Crippen LogP contribution in [0.5, 0.6) is 0 Å². The highest BCUT2D eigenvalue weighted by atomic mass is 16.6. The van der Waals surface area contributed by atoms with Crippen molar-refractivity contribution in [3.63, 3.8) is 0 Å². The molecular formula is C15H15N3O4. The highest BCUT2D eigenvalue weighted by Gasteiger charge is 2.14. The summed E-state index contributed by atoms with van der Waals surface area (Å²) in [4.78, 5) is 21.9. The number of ether oxygens (including phenoxy) is 1. The van der Waals surface area contributed by atoms with Gasteiger partial charge in [0.25, 0.3) is 5.69 Å².